The highest BCUT2D eigenvalue weighted by Crippen LogP contribution is 2.14. The molecule has 4 heteroatoms. The van der Waals surface area contributed by atoms with Crippen molar-refractivity contribution in [3.63, 3.8) is 0 Å². The largest absolute Gasteiger partial charge is 0.378 e. The number of nitrogens with one attached hydrogen (secondary N) is 1. The SMILES string of the molecule is O=C([C@@H]1CCCNC1)N1CCOCC1. The van der Waals surface area contributed by atoms with Crippen LogP contribution in [0.1, 0.15) is 12.8 Å². The van der Waals surface area contributed by atoms with Gasteiger partial charge in [0.05, 0.1) is 19.1 Å². The molecule has 0 aromatic heterocycles. The molecule has 0 aliphatic carbocycles. The second-order valence-corrected chi connectivity index (χ2v) is 3.98. The molecule has 14 heavy (non-hydrogen) atoms. The van der Waals surface area contributed by atoms with Crippen LogP contribution in [0.15, 0.2) is 0 Å². The molecule has 80 valence electrons. The van der Waals surface area contributed by atoms with Gasteiger partial charge in [-0.05, 0) is 19.4 Å². The van der Waals surface area contributed by atoms with Gasteiger partial charge in [-0.25, -0.2) is 0 Å². The summed E-state index contributed by atoms with van der Waals surface area (Å²) in [5.41, 5.74) is 0. The molecule has 0 unspecified atom stereocenters. The van der Waals surface area contributed by atoms with Crippen molar-refractivity contribution in [2.24, 2.45) is 5.92 Å². The predicted octanol–water partition coefficient (Wildman–Crippen LogP) is -0.155. The first kappa shape index (κ1) is 9.93. The summed E-state index contributed by atoms with van der Waals surface area (Å²) in [6.07, 6.45) is 2.17. The number of hydrogen-bond donors (Lipinski definition) is 1. The fourth-order valence-corrected chi connectivity index (χ4v) is 2.10. The lowest BCUT2D eigenvalue weighted by atomic mass is 9.98. The van der Waals surface area contributed by atoms with E-state index in [1.165, 1.54) is 0 Å². The maximum atomic E-state index is 12.0. The van der Waals surface area contributed by atoms with E-state index in [1.54, 1.807) is 0 Å². The lowest BCUT2D eigenvalue weighted by Gasteiger charge is -2.32. The lowest BCUT2D eigenvalue weighted by molar-refractivity contribution is -0.140. The van der Waals surface area contributed by atoms with Crippen molar-refractivity contribution < 1.29 is 9.53 Å². The molecule has 2 fully saturated rings. The number of carbonyl (C=O) groups is 1. The maximum absolute atomic E-state index is 12.0. The van der Waals surface area contributed by atoms with E-state index >= 15 is 0 Å². The fourth-order valence-electron chi connectivity index (χ4n) is 2.10. The van der Waals surface area contributed by atoms with Crippen molar-refractivity contribution >= 4 is 5.91 Å². The Morgan fingerprint density at radius 3 is 2.79 bits per heavy atom. The van der Waals surface area contributed by atoms with E-state index in [0.29, 0.717) is 19.1 Å². The number of morpholine rings is 1. The van der Waals surface area contributed by atoms with E-state index in [4.69, 9.17) is 4.74 Å². The van der Waals surface area contributed by atoms with Crippen LogP contribution in [0, 0.1) is 5.92 Å². The van der Waals surface area contributed by atoms with Crippen molar-refractivity contribution in [3.8, 4) is 0 Å². The molecule has 4 nitrogen and oxygen atoms in total. The summed E-state index contributed by atoms with van der Waals surface area (Å²) in [5.74, 6) is 0.530. The number of rotatable bonds is 1. The van der Waals surface area contributed by atoms with Gasteiger partial charge in [-0.2, -0.15) is 0 Å². The molecular formula is C10H18N2O2. The first-order valence-corrected chi connectivity index (χ1v) is 5.45. The Morgan fingerprint density at radius 2 is 2.14 bits per heavy atom. The average molecular weight is 198 g/mol. The van der Waals surface area contributed by atoms with E-state index in [2.05, 4.69) is 5.32 Å². The molecule has 2 saturated heterocycles. The number of piperidine rings is 1. The Labute approximate surface area is 84.6 Å². The van der Waals surface area contributed by atoms with Crippen molar-refractivity contribution in [3.05, 3.63) is 0 Å². The van der Waals surface area contributed by atoms with Crippen LogP contribution in [0.25, 0.3) is 0 Å². The minimum atomic E-state index is 0.210. The van der Waals surface area contributed by atoms with Crippen molar-refractivity contribution in [2.75, 3.05) is 39.4 Å². The van der Waals surface area contributed by atoms with Gasteiger partial charge in [-0.3, -0.25) is 4.79 Å². The molecule has 1 N–H and O–H groups in total. The second kappa shape index (κ2) is 4.75. The zero-order chi connectivity index (χ0) is 9.80. The van der Waals surface area contributed by atoms with Crippen LogP contribution in [-0.2, 0) is 9.53 Å². The van der Waals surface area contributed by atoms with Gasteiger partial charge >= 0.3 is 0 Å². The fraction of sp³-hybridized carbons (Fsp3) is 0.900. The molecule has 2 aliphatic heterocycles. The van der Waals surface area contributed by atoms with Crippen LogP contribution in [0.4, 0.5) is 0 Å². The van der Waals surface area contributed by atoms with Gasteiger partial charge in [-0.15, -0.1) is 0 Å². The van der Waals surface area contributed by atoms with Crippen LogP contribution in [0.3, 0.4) is 0 Å². The summed E-state index contributed by atoms with van der Waals surface area (Å²) in [5, 5.41) is 3.28. The average Bonchev–Trinajstić information content (AvgIpc) is 2.30. The van der Waals surface area contributed by atoms with E-state index < -0.39 is 0 Å². The summed E-state index contributed by atoms with van der Waals surface area (Å²) in [4.78, 5) is 13.9. The monoisotopic (exact) mass is 198 g/mol. The molecule has 0 aromatic rings. The van der Waals surface area contributed by atoms with E-state index in [9.17, 15) is 4.79 Å². The molecular weight excluding hydrogens is 180 g/mol. The van der Waals surface area contributed by atoms with Crippen LogP contribution >= 0.6 is 0 Å². The lowest BCUT2D eigenvalue weighted by Crippen LogP contribution is -2.47. The number of carbonyl (C=O) groups excluding carboxylic acids is 1. The minimum Gasteiger partial charge on any atom is -0.378 e. The standard InChI is InChI=1S/C10H18N2O2/c13-10(9-2-1-3-11-8-9)12-4-6-14-7-5-12/h9,11H,1-8H2/t9-/m1/s1. The summed E-state index contributed by atoms with van der Waals surface area (Å²) >= 11 is 0. The van der Waals surface area contributed by atoms with E-state index in [1.807, 2.05) is 4.90 Å². The number of ether oxygens (including phenoxy) is 1. The van der Waals surface area contributed by atoms with Gasteiger partial charge in [0.1, 0.15) is 0 Å². The Hall–Kier alpha value is -0.610. The van der Waals surface area contributed by atoms with E-state index in [0.717, 1.165) is 39.0 Å². The first-order valence-electron chi connectivity index (χ1n) is 5.45. The maximum Gasteiger partial charge on any atom is 0.227 e. The van der Waals surface area contributed by atoms with Crippen LogP contribution in [-0.4, -0.2) is 50.2 Å². The highest BCUT2D eigenvalue weighted by molar-refractivity contribution is 5.79. The summed E-state index contributed by atoms with van der Waals surface area (Å²) in [6.45, 7) is 4.87. The molecule has 1 amide bonds. The zero-order valence-corrected chi connectivity index (χ0v) is 8.50. The van der Waals surface area contributed by atoms with Gasteiger partial charge in [-0.1, -0.05) is 0 Å². The Bertz CT molecular complexity index is 176. The molecule has 0 saturated carbocycles. The van der Waals surface area contributed by atoms with Gasteiger partial charge in [0.15, 0.2) is 0 Å². The molecule has 0 spiro atoms. The van der Waals surface area contributed by atoms with Crippen LogP contribution in [0.5, 0.6) is 0 Å². The Morgan fingerprint density at radius 1 is 1.36 bits per heavy atom. The Balaban J connectivity index is 1.85. The normalized spacial score (nSPS) is 28.9. The van der Waals surface area contributed by atoms with Crippen LogP contribution in [0.2, 0.25) is 0 Å². The molecule has 1 atom stereocenters. The molecule has 0 aromatic carbocycles. The zero-order valence-electron chi connectivity index (χ0n) is 8.50. The molecule has 2 heterocycles. The molecule has 0 bridgehead atoms. The summed E-state index contributed by atoms with van der Waals surface area (Å²) < 4.78 is 5.23. The number of hydrogen-bond acceptors (Lipinski definition) is 3. The topological polar surface area (TPSA) is 41.6 Å². The quantitative estimate of drug-likeness (QED) is 0.637. The molecule has 0 radical (unpaired) electrons. The second-order valence-electron chi connectivity index (χ2n) is 3.98. The predicted molar refractivity (Wildman–Crippen MR) is 53.0 cm³/mol. The van der Waals surface area contributed by atoms with Gasteiger partial charge in [0.25, 0.3) is 0 Å². The Kier molecular flexibility index (Phi) is 3.37. The smallest absolute Gasteiger partial charge is 0.227 e. The van der Waals surface area contributed by atoms with Gasteiger partial charge < -0.3 is 15.0 Å². The highest BCUT2D eigenvalue weighted by Gasteiger charge is 2.26. The number of nitrogens with zero attached hydrogens (tertiary/aromatic N) is 1. The first-order chi connectivity index (χ1) is 6.88. The molecule has 2 aliphatic rings. The summed E-state index contributed by atoms with van der Waals surface area (Å²) in [6, 6.07) is 0. The van der Waals surface area contributed by atoms with E-state index in [-0.39, 0.29) is 5.92 Å². The number of amides is 1. The third kappa shape index (κ3) is 2.25. The third-order valence-corrected chi connectivity index (χ3v) is 2.97. The van der Waals surface area contributed by atoms with Crippen molar-refractivity contribution in [1.82, 2.24) is 10.2 Å². The van der Waals surface area contributed by atoms with Gasteiger partial charge in [0.2, 0.25) is 5.91 Å². The van der Waals surface area contributed by atoms with Crippen LogP contribution < -0.4 is 5.32 Å². The minimum absolute atomic E-state index is 0.210. The molecule has 2 rings (SSSR count). The van der Waals surface area contributed by atoms with Gasteiger partial charge in [0, 0.05) is 19.6 Å². The summed E-state index contributed by atoms with van der Waals surface area (Å²) in [7, 11) is 0. The highest BCUT2D eigenvalue weighted by atomic mass is 16.5. The van der Waals surface area contributed by atoms with Crippen molar-refractivity contribution in [1.29, 1.82) is 0 Å². The van der Waals surface area contributed by atoms with Crippen molar-refractivity contribution in [2.45, 2.75) is 12.8 Å². The third-order valence-electron chi connectivity index (χ3n) is 2.97.